The lowest BCUT2D eigenvalue weighted by atomic mass is 9.93. The van der Waals surface area contributed by atoms with E-state index in [4.69, 9.17) is 9.47 Å². The van der Waals surface area contributed by atoms with Gasteiger partial charge in [0, 0.05) is 24.7 Å². The van der Waals surface area contributed by atoms with Crippen LogP contribution in [-0.2, 0) is 14.3 Å². The molecule has 3 rings (SSSR count). The minimum absolute atomic E-state index is 0.000967. The Morgan fingerprint density at radius 1 is 1.11 bits per heavy atom. The van der Waals surface area contributed by atoms with E-state index in [2.05, 4.69) is 27.8 Å². The molecule has 0 bridgehead atoms. The van der Waals surface area contributed by atoms with Gasteiger partial charge in [-0.05, 0) is 57.0 Å². The molecular weight excluding hydrogens is 448 g/mol. The summed E-state index contributed by atoms with van der Waals surface area (Å²) >= 11 is 0. The number of benzene rings is 1. The number of methoxy groups -OCH3 is 1. The second kappa shape index (κ2) is 13.1. The Morgan fingerprint density at radius 3 is 2.46 bits per heavy atom. The van der Waals surface area contributed by atoms with Crippen molar-refractivity contribution in [1.29, 1.82) is 0 Å². The average molecular weight is 487 g/mol. The molecule has 9 heteroatoms. The van der Waals surface area contributed by atoms with E-state index in [-0.39, 0.29) is 24.5 Å². The minimum Gasteiger partial charge on any atom is -0.497 e. The number of rotatable bonds is 11. The molecule has 35 heavy (non-hydrogen) atoms. The first kappa shape index (κ1) is 26.5. The van der Waals surface area contributed by atoms with Gasteiger partial charge in [-0.25, -0.2) is 9.59 Å². The van der Waals surface area contributed by atoms with Crippen LogP contribution in [0.15, 0.2) is 35.5 Å². The van der Waals surface area contributed by atoms with Gasteiger partial charge < -0.3 is 25.4 Å². The molecule has 1 aromatic rings. The van der Waals surface area contributed by atoms with Crippen molar-refractivity contribution in [3.63, 3.8) is 0 Å². The fourth-order valence-electron chi connectivity index (χ4n) is 4.55. The Hall–Kier alpha value is -3.07. The molecule has 0 radical (unpaired) electrons. The number of urea groups is 1. The van der Waals surface area contributed by atoms with E-state index in [0.29, 0.717) is 36.7 Å². The second-order valence-electron chi connectivity index (χ2n) is 8.97. The normalized spacial score (nSPS) is 19.1. The van der Waals surface area contributed by atoms with Gasteiger partial charge in [-0.2, -0.15) is 0 Å². The van der Waals surface area contributed by atoms with E-state index in [1.807, 2.05) is 12.1 Å². The summed E-state index contributed by atoms with van der Waals surface area (Å²) in [6.07, 6.45) is 4.75. The van der Waals surface area contributed by atoms with Gasteiger partial charge in [0.05, 0.1) is 25.3 Å². The monoisotopic (exact) mass is 486 g/mol. The fraction of sp³-hybridized carbons (Fsp3) is 0.577. The third-order valence-corrected chi connectivity index (χ3v) is 6.52. The van der Waals surface area contributed by atoms with Crippen molar-refractivity contribution in [3.8, 4) is 5.75 Å². The Balaban J connectivity index is 1.72. The number of hydrogen-bond acceptors (Lipinski definition) is 6. The van der Waals surface area contributed by atoms with Crippen LogP contribution in [0.2, 0.25) is 0 Å². The lowest BCUT2D eigenvalue weighted by Crippen LogP contribution is -2.49. The van der Waals surface area contributed by atoms with Gasteiger partial charge in [0.25, 0.3) is 0 Å². The zero-order valence-corrected chi connectivity index (χ0v) is 21.0. The lowest BCUT2D eigenvalue weighted by molar-refractivity contribution is -0.139. The number of ether oxygens (including phenoxy) is 2. The lowest BCUT2D eigenvalue weighted by Gasteiger charge is -2.35. The predicted octanol–water partition coefficient (Wildman–Crippen LogP) is 2.88. The number of nitrogens with one attached hydrogen (secondary N) is 3. The Bertz CT molecular complexity index is 907. The van der Waals surface area contributed by atoms with E-state index in [0.717, 1.165) is 44.2 Å². The largest absolute Gasteiger partial charge is 0.497 e. The molecule has 1 atom stereocenters. The maximum atomic E-state index is 13.0. The highest BCUT2D eigenvalue weighted by Gasteiger charge is 2.35. The van der Waals surface area contributed by atoms with Crippen molar-refractivity contribution in [1.82, 2.24) is 20.9 Å². The first-order chi connectivity index (χ1) is 17.0. The standard InChI is InChI=1S/C26H38N4O5/c1-4-6-7-14-27-24(31)19-12-15-30(16-13-19)17-21-22(25(32)35-5-2)23(29-26(33)28-21)18-8-10-20(34-3)11-9-18/h8-11,19,23H,4-7,12-17H2,1-3H3,(H,27,31)(H2,28,29,33). The van der Waals surface area contributed by atoms with Crippen molar-refractivity contribution < 1.29 is 23.9 Å². The third kappa shape index (κ3) is 7.21. The first-order valence-corrected chi connectivity index (χ1v) is 12.6. The molecule has 2 aliphatic rings. The molecule has 1 unspecified atom stereocenters. The highest BCUT2D eigenvalue weighted by Crippen LogP contribution is 2.30. The minimum atomic E-state index is -0.629. The molecule has 3 amide bonds. The second-order valence-corrected chi connectivity index (χ2v) is 8.97. The van der Waals surface area contributed by atoms with E-state index in [1.165, 1.54) is 0 Å². The number of hydrogen-bond donors (Lipinski definition) is 3. The number of unbranched alkanes of at least 4 members (excludes halogenated alkanes) is 2. The summed E-state index contributed by atoms with van der Waals surface area (Å²) in [6, 6.07) is 6.26. The van der Waals surface area contributed by atoms with E-state index in [9.17, 15) is 14.4 Å². The first-order valence-electron chi connectivity index (χ1n) is 12.6. The maximum Gasteiger partial charge on any atom is 0.338 e. The van der Waals surface area contributed by atoms with Gasteiger partial charge in [-0.3, -0.25) is 9.69 Å². The van der Waals surface area contributed by atoms with Crippen molar-refractivity contribution in [2.75, 3.05) is 39.9 Å². The number of amides is 3. The summed E-state index contributed by atoms with van der Waals surface area (Å²) in [5.41, 5.74) is 1.70. The molecule has 192 valence electrons. The predicted molar refractivity (Wildman–Crippen MR) is 133 cm³/mol. The van der Waals surface area contributed by atoms with Crippen LogP contribution in [0, 0.1) is 5.92 Å². The van der Waals surface area contributed by atoms with Gasteiger partial charge in [0.1, 0.15) is 5.75 Å². The molecular formula is C26H38N4O5. The molecule has 0 saturated carbocycles. The Morgan fingerprint density at radius 2 is 1.83 bits per heavy atom. The summed E-state index contributed by atoms with van der Waals surface area (Å²) in [7, 11) is 1.59. The van der Waals surface area contributed by atoms with Gasteiger partial charge in [-0.1, -0.05) is 31.9 Å². The molecule has 2 heterocycles. The number of carbonyl (C=O) groups is 3. The van der Waals surface area contributed by atoms with Crippen LogP contribution in [0.4, 0.5) is 4.79 Å². The zero-order chi connectivity index (χ0) is 25.2. The number of piperidine rings is 1. The number of esters is 1. The van der Waals surface area contributed by atoms with Crippen LogP contribution in [-0.4, -0.2) is 62.7 Å². The molecule has 1 fully saturated rings. The Labute approximate surface area is 207 Å². The topological polar surface area (TPSA) is 109 Å². The van der Waals surface area contributed by atoms with Crippen LogP contribution >= 0.6 is 0 Å². The van der Waals surface area contributed by atoms with E-state index >= 15 is 0 Å². The van der Waals surface area contributed by atoms with Crippen LogP contribution in [0.1, 0.15) is 57.6 Å². The molecule has 1 saturated heterocycles. The zero-order valence-electron chi connectivity index (χ0n) is 21.0. The smallest absolute Gasteiger partial charge is 0.338 e. The fourth-order valence-corrected chi connectivity index (χ4v) is 4.55. The number of nitrogens with zero attached hydrogens (tertiary/aromatic N) is 1. The molecule has 0 spiro atoms. The van der Waals surface area contributed by atoms with Crippen molar-refractivity contribution in [2.45, 2.75) is 52.0 Å². The van der Waals surface area contributed by atoms with Crippen LogP contribution in [0.3, 0.4) is 0 Å². The number of likely N-dealkylation sites (tertiary alicyclic amines) is 1. The summed E-state index contributed by atoms with van der Waals surface area (Å²) in [4.78, 5) is 40.2. The van der Waals surface area contributed by atoms with E-state index in [1.54, 1.807) is 26.2 Å². The summed E-state index contributed by atoms with van der Waals surface area (Å²) in [5.74, 6) is 0.355. The van der Waals surface area contributed by atoms with Crippen molar-refractivity contribution in [3.05, 3.63) is 41.1 Å². The van der Waals surface area contributed by atoms with Gasteiger partial charge in [-0.15, -0.1) is 0 Å². The Kier molecular flexibility index (Phi) is 9.96. The van der Waals surface area contributed by atoms with Crippen molar-refractivity contribution >= 4 is 17.9 Å². The van der Waals surface area contributed by atoms with Gasteiger partial charge in [0.15, 0.2) is 0 Å². The van der Waals surface area contributed by atoms with Crippen LogP contribution in [0.25, 0.3) is 0 Å². The number of carbonyl (C=O) groups excluding carboxylic acids is 3. The molecule has 0 aliphatic carbocycles. The highest BCUT2D eigenvalue weighted by atomic mass is 16.5. The SMILES string of the molecule is CCCCCNC(=O)C1CCN(CC2=C(C(=O)OCC)C(c3ccc(OC)cc3)NC(=O)N2)CC1. The summed E-state index contributed by atoms with van der Waals surface area (Å²) < 4.78 is 10.6. The van der Waals surface area contributed by atoms with Crippen LogP contribution < -0.4 is 20.7 Å². The highest BCUT2D eigenvalue weighted by molar-refractivity contribution is 5.95. The maximum absolute atomic E-state index is 13.0. The molecule has 1 aromatic carbocycles. The molecule has 3 N–H and O–H groups in total. The molecule has 9 nitrogen and oxygen atoms in total. The summed E-state index contributed by atoms with van der Waals surface area (Å²) in [5, 5.41) is 8.74. The van der Waals surface area contributed by atoms with Crippen LogP contribution in [0.5, 0.6) is 5.75 Å². The summed E-state index contributed by atoms with van der Waals surface area (Å²) in [6.45, 7) is 6.69. The molecule has 0 aromatic heterocycles. The third-order valence-electron chi connectivity index (χ3n) is 6.52. The van der Waals surface area contributed by atoms with Crippen molar-refractivity contribution in [2.24, 2.45) is 5.92 Å². The van der Waals surface area contributed by atoms with E-state index < -0.39 is 12.0 Å². The quantitative estimate of drug-likeness (QED) is 0.328. The van der Waals surface area contributed by atoms with Gasteiger partial charge >= 0.3 is 12.0 Å². The van der Waals surface area contributed by atoms with Gasteiger partial charge in [0.2, 0.25) is 5.91 Å². The average Bonchev–Trinajstić information content (AvgIpc) is 2.86. The molecule has 2 aliphatic heterocycles.